The van der Waals surface area contributed by atoms with E-state index in [0.29, 0.717) is 10.6 Å². The van der Waals surface area contributed by atoms with Crippen molar-refractivity contribution in [2.45, 2.75) is 37.6 Å². The molecule has 3 atom stereocenters. The van der Waals surface area contributed by atoms with E-state index < -0.39 is 23.7 Å². The number of alkyl halides is 1. The Hall–Kier alpha value is -1.40. The highest BCUT2D eigenvalue weighted by atomic mass is 35.5. The predicted octanol–water partition coefficient (Wildman–Crippen LogP) is 4.91. The van der Waals surface area contributed by atoms with Gasteiger partial charge in [0.2, 0.25) is 5.67 Å². The van der Waals surface area contributed by atoms with Crippen molar-refractivity contribution >= 4 is 40.7 Å². The minimum atomic E-state index is -2.28. The van der Waals surface area contributed by atoms with E-state index in [9.17, 15) is 9.90 Å². The Morgan fingerprint density at radius 2 is 2.08 bits per heavy atom. The molecule has 26 heavy (non-hydrogen) atoms. The molecule has 0 unspecified atom stereocenters. The van der Waals surface area contributed by atoms with E-state index in [-0.39, 0.29) is 34.1 Å². The van der Waals surface area contributed by atoms with Gasteiger partial charge in [-0.2, -0.15) is 0 Å². The zero-order chi connectivity index (χ0) is 19.1. The van der Waals surface area contributed by atoms with Gasteiger partial charge in [0.05, 0.1) is 32.9 Å². The minimum Gasteiger partial charge on any atom is -0.387 e. The SMILES string of the molecule is C[C@H](NC(=O)[C@]1(F)CC[C@H](O)c2ncccc21)c1ccc(Cl)c(Cl)c1Cl. The number of fused-ring (bicyclic) bond motifs is 1. The highest BCUT2D eigenvalue weighted by Gasteiger charge is 2.47. The first-order valence-corrected chi connectivity index (χ1v) is 9.16. The number of benzene rings is 1. The average molecular weight is 418 g/mol. The number of rotatable bonds is 3. The molecule has 1 aromatic carbocycles. The monoisotopic (exact) mass is 416 g/mol. The Balaban J connectivity index is 1.89. The predicted molar refractivity (Wildman–Crippen MR) is 99.2 cm³/mol. The Morgan fingerprint density at radius 3 is 2.81 bits per heavy atom. The van der Waals surface area contributed by atoms with Crippen molar-refractivity contribution in [3.63, 3.8) is 0 Å². The molecule has 1 aliphatic carbocycles. The van der Waals surface area contributed by atoms with E-state index in [2.05, 4.69) is 10.3 Å². The molecule has 0 bridgehead atoms. The van der Waals surface area contributed by atoms with Crippen molar-refractivity contribution in [2.24, 2.45) is 0 Å². The average Bonchev–Trinajstić information content (AvgIpc) is 2.63. The first-order chi connectivity index (χ1) is 12.3. The van der Waals surface area contributed by atoms with Crippen LogP contribution in [0.4, 0.5) is 4.39 Å². The lowest BCUT2D eigenvalue weighted by molar-refractivity contribution is -0.136. The Morgan fingerprint density at radius 1 is 1.35 bits per heavy atom. The fourth-order valence-corrected chi connectivity index (χ4v) is 3.83. The van der Waals surface area contributed by atoms with Gasteiger partial charge in [0, 0.05) is 11.8 Å². The van der Waals surface area contributed by atoms with E-state index in [1.54, 1.807) is 19.1 Å². The summed E-state index contributed by atoms with van der Waals surface area (Å²) >= 11 is 18.1. The summed E-state index contributed by atoms with van der Waals surface area (Å²) in [6.45, 7) is 1.68. The van der Waals surface area contributed by atoms with Crippen LogP contribution in [0, 0.1) is 0 Å². The van der Waals surface area contributed by atoms with E-state index in [1.807, 2.05) is 0 Å². The lowest BCUT2D eigenvalue weighted by Gasteiger charge is -2.33. The molecule has 1 aromatic heterocycles. The van der Waals surface area contributed by atoms with Gasteiger partial charge in [-0.3, -0.25) is 9.78 Å². The molecule has 0 fully saturated rings. The highest BCUT2D eigenvalue weighted by molar-refractivity contribution is 6.48. The van der Waals surface area contributed by atoms with E-state index in [1.165, 1.54) is 18.3 Å². The number of carbonyl (C=O) groups is 1. The zero-order valence-electron chi connectivity index (χ0n) is 13.8. The second-order valence-corrected chi connectivity index (χ2v) is 7.41. The molecule has 1 heterocycles. The number of aliphatic hydroxyl groups excluding tert-OH is 1. The highest BCUT2D eigenvalue weighted by Crippen LogP contribution is 2.43. The molecule has 0 spiro atoms. The lowest BCUT2D eigenvalue weighted by atomic mass is 9.80. The van der Waals surface area contributed by atoms with Crippen LogP contribution in [-0.2, 0) is 10.5 Å². The molecule has 2 aromatic rings. The molecule has 0 saturated carbocycles. The molecule has 1 amide bonds. The molecule has 4 nitrogen and oxygen atoms in total. The van der Waals surface area contributed by atoms with Crippen LogP contribution in [0.25, 0.3) is 0 Å². The molecular weight excluding hydrogens is 402 g/mol. The number of hydrogen-bond acceptors (Lipinski definition) is 3. The van der Waals surface area contributed by atoms with Gasteiger partial charge < -0.3 is 10.4 Å². The molecule has 138 valence electrons. The van der Waals surface area contributed by atoms with Crippen molar-refractivity contribution in [3.05, 3.63) is 62.4 Å². The maximum Gasteiger partial charge on any atom is 0.262 e. The maximum absolute atomic E-state index is 15.6. The number of aromatic nitrogens is 1. The summed E-state index contributed by atoms with van der Waals surface area (Å²) in [6, 6.07) is 5.62. The number of aliphatic hydroxyl groups is 1. The van der Waals surface area contributed by atoms with E-state index >= 15 is 4.39 Å². The number of amides is 1. The summed E-state index contributed by atoms with van der Waals surface area (Å²) < 4.78 is 15.6. The first kappa shape index (κ1) is 19.4. The Labute approximate surface area is 165 Å². The molecule has 0 aliphatic heterocycles. The maximum atomic E-state index is 15.6. The number of hydrogen-bond donors (Lipinski definition) is 2. The topological polar surface area (TPSA) is 62.2 Å². The van der Waals surface area contributed by atoms with Crippen molar-refractivity contribution in [2.75, 3.05) is 0 Å². The summed E-state index contributed by atoms with van der Waals surface area (Å²) in [4.78, 5) is 16.8. The van der Waals surface area contributed by atoms with Crippen molar-refractivity contribution in [1.29, 1.82) is 0 Å². The smallest absolute Gasteiger partial charge is 0.262 e. The largest absolute Gasteiger partial charge is 0.387 e. The summed E-state index contributed by atoms with van der Waals surface area (Å²) in [5, 5.41) is 13.3. The van der Waals surface area contributed by atoms with Gasteiger partial charge in [-0.1, -0.05) is 46.9 Å². The van der Waals surface area contributed by atoms with Crippen LogP contribution < -0.4 is 5.32 Å². The number of carbonyl (C=O) groups excluding carboxylic acids is 1. The van der Waals surface area contributed by atoms with Crippen LogP contribution in [0.1, 0.15) is 48.7 Å². The van der Waals surface area contributed by atoms with Gasteiger partial charge in [-0.05, 0) is 37.5 Å². The van der Waals surface area contributed by atoms with Gasteiger partial charge in [-0.15, -0.1) is 0 Å². The lowest BCUT2D eigenvalue weighted by Crippen LogP contribution is -2.45. The number of halogens is 4. The molecular formula is C18H16Cl3FN2O2. The summed E-state index contributed by atoms with van der Waals surface area (Å²) in [5.41, 5.74) is -1.47. The Kier molecular flexibility index (Phi) is 5.45. The molecule has 3 rings (SSSR count). The second-order valence-electron chi connectivity index (χ2n) is 6.25. The van der Waals surface area contributed by atoms with Gasteiger partial charge in [0.15, 0.2) is 0 Å². The van der Waals surface area contributed by atoms with Crippen LogP contribution in [0.15, 0.2) is 30.5 Å². The quantitative estimate of drug-likeness (QED) is 0.697. The van der Waals surface area contributed by atoms with E-state index in [4.69, 9.17) is 34.8 Å². The van der Waals surface area contributed by atoms with Crippen LogP contribution >= 0.6 is 34.8 Å². The molecule has 0 saturated heterocycles. The zero-order valence-corrected chi connectivity index (χ0v) is 16.0. The third-order valence-electron chi connectivity index (χ3n) is 4.58. The van der Waals surface area contributed by atoms with Gasteiger partial charge in [0.25, 0.3) is 5.91 Å². The second kappa shape index (κ2) is 7.31. The van der Waals surface area contributed by atoms with Crippen molar-refractivity contribution in [3.8, 4) is 0 Å². The number of pyridine rings is 1. The van der Waals surface area contributed by atoms with Crippen molar-refractivity contribution in [1.82, 2.24) is 10.3 Å². The third kappa shape index (κ3) is 3.29. The van der Waals surface area contributed by atoms with Gasteiger partial charge in [-0.25, -0.2) is 4.39 Å². The first-order valence-electron chi connectivity index (χ1n) is 8.02. The molecule has 1 aliphatic rings. The molecule has 2 N–H and O–H groups in total. The third-order valence-corrected chi connectivity index (χ3v) is 5.89. The summed E-state index contributed by atoms with van der Waals surface area (Å²) in [5.74, 6) is -0.812. The minimum absolute atomic E-state index is 0.0867. The van der Waals surface area contributed by atoms with Crippen LogP contribution in [0.2, 0.25) is 15.1 Å². The van der Waals surface area contributed by atoms with Crippen LogP contribution in [-0.4, -0.2) is 16.0 Å². The standard InChI is InChI=1S/C18H16Cl3FN2O2/c1-9(10-4-5-12(19)15(21)14(10)20)24-17(26)18(22)7-6-13(25)16-11(18)3-2-8-23-16/h2-5,8-9,13,25H,6-7H2,1H3,(H,24,26)/t9-,13-,18-/m0/s1. The van der Waals surface area contributed by atoms with Crippen molar-refractivity contribution < 1.29 is 14.3 Å². The van der Waals surface area contributed by atoms with E-state index in [0.717, 1.165) is 0 Å². The fourth-order valence-electron chi connectivity index (χ4n) is 3.13. The normalized spacial score (nSPS) is 23.2. The molecule has 0 radical (unpaired) electrons. The summed E-state index contributed by atoms with van der Waals surface area (Å²) in [6.07, 6.45) is 0.546. The summed E-state index contributed by atoms with van der Waals surface area (Å²) in [7, 11) is 0. The molecule has 8 heteroatoms. The fraction of sp³-hybridized carbons (Fsp3) is 0.333. The number of nitrogens with one attached hydrogen (secondary N) is 1. The van der Waals surface area contributed by atoms with Gasteiger partial charge >= 0.3 is 0 Å². The van der Waals surface area contributed by atoms with Crippen LogP contribution in [0.3, 0.4) is 0 Å². The van der Waals surface area contributed by atoms with Crippen LogP contribution in [0.5, 0.6) is 0 Å². The Bertz CT molecular complexity index is 864. The van der Waals surface area contributed by atoms with Gasteiger partial charge in [0.1, 0.15) is 0 Å². The number of nitrogens with zero attached hydrogens (tertiary/aromatic N) is 1.